The summed E-state index contributed by atoms with van der Waals surface area (Å²) >= 11 is 0. The third kappa shape index (κ3) is 5.11. The molecule has 0 fully saturated rings. The minimum Gasteiger partial charge on any atom is -1.00 e. The van der Waals surface area contributed by atoms with Gasteiger partial charge in [-0.2, -0.15) is 10.2 Å². The summed E-state index contributed by atoms with van der Waals surface area (Å²) in [5.41, 5.74) is 9.82. The van der Waals surface area contributed by atoms with Gasteiger partial charge in [0.25, 0.3) is 0 Å². The largest absolute Gasteiger partial charge is 1.00 e. The van der Waals surface area contributed by atoms with E-state index < -0.39 is 0 Å². The van der Waals surface area contributed by atoms with E-state index in [-0.39, 0.29) is 18.2 Å². The number of phenolic OH excluding ortho intramolecular Hbond substituents is 1. The van der Waals surface area contributed by atoms with Gasteiger partial charge in [0.05, 0.1) is 11.4 Å². The summed E-state index contributed by atoms with van der Waals surface area (Å²) in [5, 5.41) is 18.5. The molecule has 5 rings (SSSR count). The molecule has 37 heavy (non-hydrogen) atoms. The zero-order chi connectivity index (χ0) is 25.2. The second-order valence-corrected chi connectivity index (χ2v) is 8.93. The first-order valence-electron chi connectivity index (χ1n) is 12.3. The van der Waals surface area contributed by atoms with Crippen LogP contribution in [0.3, 0.4) is 0 Å². The second-order valence-electron chi connectivity index (χ2n) is 8.93. The highest BCUT2D eigenvalue weighted by molar-refractivity contribution is 5.87. The van der Waals surface area contributed by atoms with Crippen molar-refractivity contribution in [1.82, 2.24) is 4.98 Å². The number of aryl methyl sites for hydroxylation is 2. The highest BCUT2D eigenvalue weighted by atomic mass is 35.5. The molecule has 0 saturated carbocycles. The van der Waals surface area contributed by atoms with Gasteiger partial charge in [0.2, 0.25) is 16.7 Å². The maximum absolute atomic E-state index is 9.55. The maximum atomic E-state index is 9.55. The van der Waals surface area contributed by atoms with Crippen LogP contribution in [0.25, 0.3) is 27.8 Å². The maximum Gasteiger partial charge on any atom is 0.239 e. The molecule has 1 aromatic heterocycles. The number of halogens is 1. The fourth-order valence-corrected chi connectivity index (χ4v) is 4.64. The van der Waals surface area contributed by atoms with Gasteiger partial charge in [-0.15, -0.1) is 4.57 Å². The molecule has 0 saturated heterocycles. The van der Waals surface area contributed by atoms with Crippen molar-refractivity contribution in [3.8, 4) is 11.4 Å². The van der Waals surface area contributed by atoms with Crippen LogP contribution >= 0.6 is 0 Å². The highest BCUT2D eigenvalue weighted by Gasteiger charge is 2.23. The van der Waals surface area contributed by atoms with Gasteiger partial charge in [0.1, 0.15) is 16.8 Å². The lowest BCUT2D eigenvalue weighted by molar-refractivity contribution is -0.538. The number of hydrogen-bond donors (Lipinski definition) is 1. The van der Waals surface area contributed by atoms with E-state index >= 15 is 0 Å². The average Bonchev–Trinajstić information content (AvgIpc) is 2.89. The molecule has 4 aromatic carbocycles. The Labute approximate surface area is 223 Å². The van der Waals surface area contributed by atoms with Gasteiger partial charge in [-0.3, -0.25) is 0 Å². The van der Waals surface area contributed by atoms with Crippen molar-refractivity contribution in [1.29, 1.82) is 0 Å². The molecular formula is C30H30ClN5O. The zero-order valence-corrected chi connectivity index (χ0v) is 22.2. The zero-order valence-electron chi connectivity index (χ0n) is 21.5. The summed E-state index contributed by atoms with van der Waals surface area (Å²) in [5.74, 6) is 0.206. The number of benzene rings is 4. The number of nitrogens with zero attached hydrogens (tertiary/aromatic N) is 5. The van der Waals surface area contributed by atoms with Crippen LogP contribution in [0.1, 0.15) is 25.0 Å². The molecule has 0 aliphatic rings. The molecule has 0 spiro atoms. The number of aromatic nitrogens is 2. The minimum absolute atomic E-state index is 0. The molecule has 7 heteroatoms. The predicted molar refractivity (Wildman–Crippen MR) is 146 cm³/mol. The van der Waals surface area contributed by atoms with E-state index in [0.717, 1.165) is 52.1 Å². The Morgan fingerprint density at radius 3 is 2.05 bits per heavy atom. The van der Waals surface area contributed by atoms with Crippen molar-refractivity contribution < 1.29 is 22.1 Å². The number of fused-ring (bicyclic) bond motifs is 2. The van der Waals surface area contributed by atoms with Gasteiger partial charge in [-0.05, 0) is 75.2 Å². The summed E-state index contributed by atoms with van der Waals surface area (Å²) in [6.45, 7) is 10.4. The Bertz CT molecular complexity index is 1580. The van der Waals surface area contributed by atoms with E-state index in [1.807, 2.05) is 13.0 Å². The van der Waals surface area contributed by atoms with Crippen molar-refractivity contribution in [2.45, 2.75) is 27.7 Å². The number of hydrogen-bond acceptors (Lipinski definition) is 5. The van der Waals surface area contributed by atoms with Gasteiger partial charge in [-0.1, -0.05) is 18.2 Å². The quantitative estimate of drug-likeness (QED) is 0.210. The first kappa shape index (κ1) is 26.0. The van der Waals surface area contributed by atoms with Crippen molar-refractivity contribution in [3.05, 3.63) is 90.0 Å². The Morgan fingerprint density at radius 1 is 0.784 bits per heavy atom. The highest BCUT2D eigenvalue weighted by Crippen LogP contribution is 2.30. The Kier molecular flexibility index (Phi) is 7.69. The van der Waals surface area contributed by atoms with Crippen molar-refractivity contribution in [3.63, 3.8) is 0 Å². The van der Waals surface area contributed by atoms with Crippen LogP contribution < -0.4 is 21.9 Å². The minimum atomic E-state index is 0. The van der Waals surface area contributed by atoms with Gasteiger partial charge in [-0.25, -0.2) is 4.98 Å². The van der Waals surface area contributed by atoms with E-state index in [1.54, 1.807) is 24.3 Å². The number of para-hydroxylation sites is 1. The second kappa shape index (κ2) is 10.9. The summed E-state index contributed by atoms with van der Waals surface area (Å²) in [7, 11) is 0. The monoisotopic (exact) mass is 511 g/mol. The van der Waals surface area contributed by atoms with Crippen molar-refractivity contribution in [2.24, 2.45) is 10.2 Å². The van der Waals surface area contributed by atoms with Crippen LogP contribution in [0, 0.1) is 13.8 Å². The molecule has 6 nitrogen and oxygen atoms in total. The summed E-state index contributed by atoms with van der Waals surface area (Å²) in [6, 6.07) is 25.7. The van der Waals surface area contributed by atoms with Gasteiger partial charge in [0, 0.05) is 43.0 Å². The smallest absolute Gasteiger partial charge is 0.239 e. The van der Waals surface area contributed by atoms with Crippen LogP contribution in [0.4, 0.5) is 17.1 Å². The Hall–Kier alpha value is -4.03. The van der Waals surface area contributed by atoms with Crippen LogP contribution in [0.5, 0.6) is 5.75 Å². The summed E-state index contributed by atoms with van der Waals surface area (Å²) in [4.78, 5) is 7.44. The number of aromatic hydroxyl groups is 1. The first-order valence-corrected chi connectivity index (χ1v) is 12.3. The van der Waals surface area contributed by atoms with E-state index in [9.17, 15) is 5.11 Å². The fraction of sp³-hybridized carbons (Fsp3) is 0.200. The summed E-state index contributed by atoms with van der Waals surface area (Å²) in [6.07, 6.45) is 0. The first-order chi connectivity index (χ1) is 17.5. The number of anilines is 1. The number of azo groups is 1. The number of rotatable bonds is 6. The fourth-order valence-electron chi connectivity index (χ4n) is 4.64. The standard InChI is InChI=1S/C30H29N5O.ClH/c1-5-34(6-2)28-19-30-27(17-21(28)4)31-26-16-20(3)25(33-32-22-12-14-24(36)15-13-22)18-29(26)35(30)23-10-8-7-9-11-23;/h7-19H,5-6H2,1-4H3;1H. The molecule has 0 radical (unpaired) electrons. The lowest BCUT2D eigenvalue weighted by Gasteiger charge is -2.23. The molecule has 5 aromatic rings. The average molecular weight is 512 g/mol. The molecular weight excluding hydrogens is 482 g/mol. The molecule has 188 valence electrons. The van der Waals surface area contributed by atoms with Gasteiger partial charge in [0.15, 0.2) is 0 Å². The molecule has 1 N–H and O–H groups in total. The molecule has 0 amide bonds. The molecule has 0 unspecified atom stereocenters. The van der Waals surface area contributed by atoms with E-state index in [1.165, 1.54) is 11.3 Å². The van der Waals surface area contributed by atoms with Crippen LogP contribution in [-0.4, -0.2) is 23.2 Å². The number of phenols is 1. The lowest BCUT2D eigenvalue weighted by atomic mass is 10.1. The molecule has 0 bridgehead atoms. The molecule has 0 aliphatic heterocycles. The summed E-state index contributed by atoms with van der Waals surface area (Å²) < 4.78 is 2.27. The van der Waals surface area contributed by atoms with E-state index in [2.05, 4.69) is 89.0 Å². The van der Waals surface area contributed by atoms with Crippen LogP contribution in [0.15, 0.2) is 89.1 Å². The normalized spacial score (nSPS) is 11.2. The van der Waals surface area contributed by atoms with Crippen LogP contribution in [-0.2, 0) is 0 Å². The Morgan fingerprint density at radius 2 is 1.41 bits per heavy atom. The topological polar surface area (TPSA) is 65.0 Å². The van der Waals surface area contributed by atoms with Gasteiger partial charge >= 0.3 is 0 Å². The third-order valence-electron chi connectivity index (χ3n) is 6.55. The van der Waals surface area contributed by atoms with Gasteiger partial charge < -0.3 is 22.4 Å². The van der Waals surface area contributed by atoms with Crippen molar-refractivity contribution in [2.75, 3.05) is 18.0 Å². The SMILES string of the molecule is CCN(CC)c1cc2c(cc1C)nc1cc(C)c(N=Nc3ccc(O)cc3)cc1[n+]2-c1ccccc1.[Cl-]. The Balaban J connectivity index is 0.00000320. The molecule has 1 heterocycles. The van der Waals surface area contributed by atoms with Crippen molar-refractivity contribution >= 4 is 39.1 Å². The van der Waals surface area contributed by atoms with E-state index in [0.29, 0.717) is 5.69 Å². The third-order valence-corrected chi connectivity index (χ3v) is 6.55. The van der Waals surface area contributed by atoms with E-state index in [4.69, 9.17) is 4.98 Å². The predicted octanol–water partition coefficient (Wildman–Crippen LogP) is 4.25. The van der Waals surface area contributed by atoms with Crippen LogP contribution in [0.2, 0.25) is 0 Å². The molecule has 0 aliphatic carbocycles. The molecule has 0 atom stereocenters. The lowest BCUT2D eigenvalue weighted by Crippen LogP contribution is -3.00.